The summed E-state index contributed by atoms with van der Waals surface area (Å²) in [6.45, 7) is 5.76. The summed E-state index contributed by atoms with van der Waals surface area (Å²) in [5, 5.41) is 0. The molecule has 1 aromatic heterocycles. The molecule has 0 unspecified atom stereocenters. The van der Waals surface area contributed by atoms with E-state index in [1.165, 1.54) is 0 Å². The Kier molecular flexibility index (Phi) is 6.23. The number of amides is 1. The molecule has 26 heavy (non-hydrogen) atoms. The molecule has 1 amide bonds. The molecule has 136 valence electrons. The maximum atomic E-state index is 12.7. The van der Waals surface area contributed by atoms with Crippen LogP contribution in [-0.2, 0) is 6.54 Å². The van der Waals surface area contributed by atoms with Crippen LogP contribution < -0.4 is 9.54 Å². The molecule has 0 saturated heterocycles. The lowest BCUT2D eigenvalue weighted by Crippen LogP contribution is -2.16. The molecule has 0 spiro atoms. The first kappa shape index (κ1) is 18.4. The standard InChI is InChI=1S/C21H24N2O2S/c1-3-5-14-25-17-10-8-9-16(15-17)20(24)22-21-23(13-4-2)18-11-6-7-12-19(18)26-21/h6-12,15H,3-5,13-14H2,1-2H3. The summed E-state index contributed by atoms with van der Waals surface area (Å²) in [7, 11) is 0. The zero-order valence-corrected chi connectivity index (χ0v) is 16.1. The summed E-state index contributed by atoms with van der Waals surface area (Å²) >= 11 is 1.55. The highest BCUT2D eigenvalue weighted by atomic mass is 32.1. The fraction of sp³-hybridized carbons (Fsp3) is 0.333. The van der Waals surface area contributed by atoms with Crippen molar-refractivity contribution in [3.05, 3.63) is 58.9 Å². The third kappa shape index (κ3) is 4.22. The van der Waals surface area contributed by atoms with Crippen molar-refractivity contribution < 1.29 is 9.53 Å². The van der Waals surface area contributed by atoms with Gasteiger partial charge in [-0.25, -0.2) is 0 Å². The van der Waals surface area contributed by atoms with Gasteiger partial charge in [-0.1, -0.05) is 49.8 Å². The van der Waals surface area contributed by atoms with Crippen molar-refractivity contribution in [2.75, 3.05) is 6.61 Å². The van der Waals surface area contributed by atoms with E-state index < -0.39 is 0 Å². The van der Waals surface area contributed by atoms with E-state index in [1.54, 1.807) is 23.5 Å². The molecule has 2 aromatic carbocycles. The normalized spacial score (nSPS) is 11.8. The Morgan fingerprint density at radius 2 is 1.96 bits per heavy atom. The van der Waals surface area contributed by atoms with E-state index in [0.29, 0.717) is 12.2 Å². The van der Waals surface area contributed by atoms with Gasteiger partial charge in [0, 0.05) is 12.1 Å². The highest BCUT2D eigenvalue weighted by molar-refractivity contribution is 7.16. The highest BCUT2D eigenvalue weighted by Crippen LogP contribution is 2.18. The number of rotatable bonds is 7. The van der Waals surface area contributed by atoms with Crippen LogP contribution in [0.4, 0.5) is 0 Å². The van der Waals surface area contributed by atoms with Crippen molar-refractivity contribution in [2.24, 2.45) is 4.99 Å². The van der Waals surface area contributed by atoms with Gasteiger partial charge in [0.25, 0.3) is 5.91 Å². The van der Waals surface area contributed by atoms with Crippen molar-refractivity contribution in [3.8, 4) is 5.75 Å². The van der Waals surface area contributed by atoms with Crippen LogP contribution in [0.3, 0.4) is 0 Å². The molecule has 1 heterocycles. The highest BCUT2D eigenvalue weighted by Gasteiger charge is 2.09. The van der Waals surface area contributed by atoms with Gasteiger partial charge in [0.05, 0.1) is 16.8 Å². The number of aryl methyl sites for hydroxylation is 1. The van der Waals surface area contributed by atoms with Crippen LogP contribution in [0.2, 0.25) is 0 Å². The van der Waals surface area contributed by atoms with E-state index in [1.807, 2.05) is 24.3 Å². The first-order valence-electron chi connectivity index (χ1n) is 9.13. The number of fused-ring (bicyclic) bond motifs is 1. The van der Waals surface area contributed by atoms with Gasteiger partial charge in [0.15, 0.2) is 4.80 Å². The zero-order valence-electron chi connectivity index (χ0n) is 15.3. The zero-order chi connectivity index (χ0) is 18.4. The molecule has 3 aromatic rings. The molecule has 0 radical (unpaired) electrons. The summed E-state index contributed by atoms with van der Waals surface area (Å²) in [5.41, 5.74) is 1.68. The monoisotopic (exact) mass is 368 g/mol. The van der Waals surface area contributed by atoms with Gasteiger partial charge in [0.1, 0.15) is 5.75 Å². The Bertz CT molecular complexity index is 956. The van der Waals surface area contributed by atoms with Gasteiger partial charge in [-0.2, -0.15) is 4.99 Å². The second-order valence-corrected chi connectivity index (χ2v) is 7.16. The number of carbonyl (C=O) groups is 1. The molecule has 5 heteroatoms. The fourth-order valence-corrected chi connectivity index (χ4v) is 3.81. The number of para-hydroxylation sites is 1. The first-order chi connectivity index (χ1) is 12.7. The molecule has 0 aliphatic rings. The predicted molar refractivity (Wildman–Crippen MR) is 107 cm³/mol. The van der Waals surface area contributed by atoms with Crippen molar-refractivity contribution in [2.45, 2.75) is 39.7 Å². The Morgan fingerprint density at radius 1 is 1.12 bits per heavy atom. The number of benzene rings is 2. The van der Waals surface area contributed by atoms with E-state index in [-0.39, 0.29) is 5.91 Å². The second-order valence-electron chi connectivity index (χ2n) is 6.15. The third-order valence-corrected chi connectivity index (χ3v) is 5.14. The minimum Gasteiger partial charge on any atom is -0.494 e. The molecular formula is C21H24N2O2S. The number of hydrogen-bond acceptors (Lipinski definition) is 3. The Labute approximate surface area is 157 Å². The molecule has 0 atom stereocenters. The number of carbonyl (C=O) groups excluding carboxylic acids is 1. The van der Waals surface area contributed by atoms with Gasteiger partial charge >= 0.3 is 0 Å². The molecule has 0 fully saturated rings. The average Bonchev–Trinajstić information content (AvgIpc) is 3.00. The van der Waals surface area contributed by atoms with E-state index in [2.05, 4.69) is 35.5 Å². The summed E-state index contributed by atoms with van der Waals surface area (Å²) in [6, 6.07) is 15.5. The predicted octanol–water partition coefficient (Wildman–Crippen LogP) is 5.03. The van der Waals surface area contributed by atoms with Crippen molar-refractivity contribution in [1.29, 1.82) is 0 Å². The number of unbranched alkanes of at least 4 members (excludes halogenated alkanes) is 1. The molecule has 0 aliphatic heterocycles. The van der Waals surface area contributed by atoms with Crippen LogP contribution in [-0.4, -0.2) is 17.1 Å². The van der Waals surface area contributed by atoms with E-state index in [9.17, 15) is 4.79 Å². The SMILES string of the molecule is CCCCOc1cccc(C(=O)N=c2sc3ccccc3n2CCC)c1. The lowest BCUT2D eigenvalue weighted by Gasteiger charge is -2.06. The van der Waals surface area contributed by atoms with Gasteiger partial charge in [0.2, 0.25) is 0 Å². The Balaban J connectivity index is 1.92. The third-order valence-electron chi connectivity index (χ3n) is 4.08. The quantitative estimate of drug-likeness (QED) is 0.549. The van der Waals surface area contributed by atoms with E-state index in [4.69, 9.17) is 4.74 Å². The molecule has 0 N–H and O–H groups in total. The molecule has 0 aliphatic carbocycles. The van der Waals surface area contributed by atoms with Crippen molar-refractivity contribution in [3.63, 3.8) is 0 Å². The fourth-order valence-electron chi connectivity index (χ4n) is 2.75. The van der Waals surface area contributed by atoms with Crippen molar-refractivity contribution in [1.82, 2.24) is 4.57 Å². The smallest absolute Gasteiger partial charge is 0.279 e. The maximum Gasteiger partial charge on any atom is 0.279 e. The number of aromatic nitrogens is 1. The summed E-state index contributed by atoms with van der Waals surface area (Å²) in [6.07, 6.45) is 3.07. The van der Waals surface area contributed by atoms with Crippen LogP contribution >= 0.6 is 11.3 Å². The molecule has 4 nitrogen and oxygen atoms in total. The Morgan fingerprint density at radius 3 is 2.77 bits per heavy atom. The van der Waals surface area contributed by atoms with Gasteiger partial charge in [-0.3, -0.25) is 4.79 Å². The number of ether oxygens (including phenoxy) is 1. The Hall–Kier alpha value is -2.40. The minimum absolute atomic E-state index is 0.234. The largest absolute Gasteiger partial charge is 0.494 e. The van der Waals surface area contributed by atoms with Crippen LogP contribution in [0.1, 0.15) is 43.5 Å². The number of hydrogen-bond donors (Lipinski definition) is 0. The molecule has 0 bridgehead atoms. The summed E-state index contributed by atoms with van der Waals surface area (Å²) < 4.78 is 8.97. The lowest BCUT2D eigenvalue weighted by molar-refractivity contribution is 0.0997. The topological polar surface area (TPSA) is 43.6 Å². The average molecular weight is 369 g/mol. The van der Waals surface area contributed by atoms with Crippen LogP contribution in [0.15, 0.2) is 53.5 Å². The number of nitrogens with zero attached hydrogens (tertiary/aromatic N) is 2. The summed E-state index contributed by atoms with van der Waals surface area (Å²) in [4.78, 5) is 17.9. The van der Waals surface area contributed by atoms with Gasteiger partial charge < -0.3 is 9.30 Å². The number of thiazole rings is 1. The van der Waals surface area contributed by atoms with Crippen LogP contribution in [0.25, 0.3) is 10.2 Å². The second kappa shape index (κ2) is 8.81. The minimum atomic E-state index is -0.234. The molecular weight excluding hydrogens is 344 g/mol. The first-order valence-corrected chi connectivity index (χ1v) is 9.95. The van der Waals surface area contributed by atoms with Crippen LogP contribution in [0, 0.1) is 0 Å². The maximum absolute atomic E-state index is 12.7. The molecule has 0 saturated carbocycles. The van der Waals surface area contributed by atoms with E-state index in [0.717, 1.165) is 46.6 Å². The lowest BCUT2D eigenvalue weighted by atomic mass is 10.2. The van der Waals surface area contributed by atoms with E-state index >= 15 is 0 Å². The molecule has 3 rings (SSSR count). The summed E-state index contributed by atoms with van der Waals surface area (Å²) in [5.74, 6) is 0.486. The van der Waals surface area contributed by atoms with Gasteiger partial charge in [-0.15, -0.1) is 0 Å². The van der Waals surface area contributed by atoms with Gasteiger partial charge in [-0.05, 0) is 43.2 Å². The van der Waals surface area contributed by atoms with Crippen LogP contribution in [0.5, 0.6) is 5.75 Å². The van der Waals surface area contributed by atoms with Crippen molar-refractivity contribution >= 4 is 27.5 Å².